The highest BCUT2D eigenvalue weighted by Gasteiger charge is 2.39. The lowest BCUT2D eigenvalue weighted by Crippen LogP contribution is -2.57. The minimum Gasteiger partial charge on any atom is -0.445 e. The van der Waals surface area contributed by atoms with Crippen LogP contribution in [0, 0.1) is 5.92 Å². The molecule has 1 spiro atoms. The smallest absolute Gasteiger partial charge is 0.410 e. The maximum absolute atomic E-state index is 12.9. The average molecular weight is 452 g/mol. The van der Waals surface area contributed by atoms with Crippen LogP contribution in [0.2, 0.25) is 0 Å². The van der Waals surface area contributed by atoms with Crippen molar-refractivity contribution in [2.45, 2.75) is 44.3 Å². The Morgan fingerprint density at radius 2 is 1.77 bits per heavy atom. The quantitative estimate of drug-likeness (QED) is 0.762. The van der Waals surface area contributed by atoms with Gasteiger partial charge < -0.3 is 24.6 Å². The highest BCUT2D eigenvalue weighted by Crippen LogP contribution is 2.29. The number of nitrogens with zero attached hydrogens (tertiary/aromatic N) is 2. The molecule has 0 radical (unpaired) electrons. The number of ether oxygens (including phenoxy) is 2. The molecule has 3 aliphatic heterocycles. The molecule has 4 rings (SSSR count). The van der Waals surface area contributed by atoms with Crippen LogP contribution in [-0.2, 0) is 20.9 Å². The fourth-order valence-corrected chi connectivity index (χ4v) is 4.75. The molecule has 3 fully saturated rings. The molecule has 1 aromatic rings. The van der Waals surface area contributed by atoms with Gasteiger partial charge in [0.2, 0.25) is 5.91 Å². The first-order valence-electron chi connectivity index (χ1n) is 11.2. The number of amides is 2. The summed E-state index contributed by atoms with van der Waals surface area (Å²) in [6, 6.07) is 9.72. The molecule has 2 amide bonds. The molecular formula is C23H34ClN3O4. The Hall–Kier alpha value is -1.83. The number of hydrogen-bond donors (Lipinski definition) is 1. The number of halogens is 1. The van der Waals surface area contributed by atoms with Crippen molar-refractivity contribution in [1.82, 2.24) is 15.1 Å². The monoisotopic (exact) mass is 451 g/mol. The van der Waals surface area contributed by atoms with Crippen LogP contribution in [0.25, 0.3) is 0 Å². The molecule has 0 saturated carbocycles. The predicted octanol–water partition coefficient (Wildman–Crippen LogP) is 2.83. The van der Waals surface area contributed by atoms with Crippen molar-refractivity contribution in [3.63, 3.8) is 0 Å². The Balaban J connectivity index is 0.00000272. The van der Waals surface area contributed by atoms with Crippen LogP contribution in [-0.4, -0.2) is 73.3 Å². The van der Waals surface area contributed by atoms with Crippen LogP contribution >= 0.6 is 12.4 Å². The van der Waals surface area contributed by atoms with Crippen molar-refractivity contribution in [2.24, 2.45) is 5.92 Å². The highest BCUT2D eigenvalue weighted by molar-refractivity contribution is 5.85. The van der Waals surface area contributed by atoms with Gasteiger partial charge in [0.1, 0.15) is 6.61 Å². The molecule has 0 unspecified atom stereocenters. The molecule has 1 N–H and O–H groups in total. The van der Waals surface area contributed by atoms with E-state index in [9.17, 15) is 9.59 Å². The topological polar surface area (TPSA) is 71.1 Å². The first-order valence-corrected chi connectivity index (χ1v) is 11.2. The molecule has 31 heavy (non-hydrogen) atoms. The van der Waals surface area contributed by atoms with E-state index in [0.717, 1.165) is 50.9 Å². The standard InChI is InChI=1S/C23H33N3O4.ClH/c27-21(26-14-15-30-23(18-26)8-10-24-11-9-23)16-19-6-12-25(13-7-19)22(28)29-17-20-4-2-1-3-5-20;/h1-5,19,24H,6-18H2;1H. The molecule has 1 aromatic carbocycles. The zero-order valence-electron chi connectivity index (χ0n) is 18.1. The molecule has 0 bridgehead atoms. The van der Waals surface area contributed by atoms with E-state index >= 15 is 0 Å². The van der Waals surface area contributed by atoms with Gasteiger partial charge in [-0.25, -0.2) is 4.79 Å². The third-order valence-electron chi connectivity index (χ3n) is 6.66. The number of carbonyl (C=O) groups excluding carboxylic acids is 2. The Morgan fingerprint density at radius 1 is 1.06 bits per heavy atom. The van der Waals surface area contributed by atoms with Gasteiger partial charge in [-0.1, -0.05) is 30.3 Å². The number of likely N-dealkylation sites (tertiary alicyclic amines) is 1. The number of benzene rings is 1. The molecule has 0 aromatic heterocycles. The number of carbonyl (C=O) groups is 2. The average Bonchev–Trinajstić information content (AvgIpc) is 2.79. The van der Waals surface area contributed by atoms with E-state index in [4.69, 9.17) is 9.47 Å². The number of nitrogens with one attached hydrogen (secondary N) is 1. The summed E-state index contributed by atoms with van der Waals surface area (Å²) < 4.78 is 11.5. The minimum absolute atomic E-state index is 0. The normalized spacial score (nSPS) is 21.4. The Bertz CT molecular complexity index is 713. The van der Waals surface area contributed by atoms with Gasteiger partial charge in [-0.15, -0.1) is 12.4 Å². The van der Waals surface area contributed by atoms with Crippen LogP contribution in [0.4, 0.5) is 4.79 Å². The molecule has 7 nitrogen and oxygen atoms in total. The van der Waals surface area contributed by atoms with E-state index in [-0.39, 0.29) is 30.0 Å². The van der Waals surface area contributed by atoms with Gasteiger partial charge in [-0.3, -0.25) is 4.79 Å². The summed E-state index contributed by atoms with van der Waals surface area (Å²) in [6.45, 7) is 5.58. The second kappa shape index (κ2) is 11.2. The first-order chi connectivity index (χ1) is 14.6. The van der Waals surface area contributed by atoms with Gasteiger partial charge >= 0.3 is 6.09 Å². The van der Waals surface area contributed by atoms with E-state index in [1.165, 1.54) is 0 Å². The first kappa shape index (κ1) is 23.8. The zero-order chi connectivity index (χ0) is 20.8. The number of hydrogen-bond acceptors (Lipinski definition) is 5. The third kappa shape index (κ3) is 6.34. The van der Waals surface area contributed by atoms with Crippen molar-refractivity contribution in [2.75, 3.05) is 45.9 Å². The lowest BCUT2D eigenvalue weighted by Gasteiger charge is -2.45. The van der Waals surface area contributed by atoms with Gasteiger partial charge in [0, 0.05) is 32.6 Å². The largest absolute Gasteiger partial charge is 0.445 e. The Kier molecular flexibility index (Phi) is 8.58. The number of piperidine rings is 2. The second-order valence-electron chi connectivity index (χ2n) is 8.77. The third-order valence-corrected chi connectivity index (χ3v) is 6.66. The maximum Gasteiger partial charge on any atom is 0.410 e. The highest BCUT2D eigenvalue weighted by atomic mass is 35.5. The zero-order valence-corrected chi connectivity index (χ0v) is 18.9. The van der Waals surface area contributed by atoms with Gasteiger partial charge in [0.25, 0.3) is 0 Å². The van der Waals surface area contributed by atoms with E-state index in [2.05, 4.69) is 5.32 Å². The van der Waals surface area contributed by atoms with Gasteiger partial charge in [-0.2, -0.15) is 0 Å². The summed E-state index contributed by atoms with van der Waals surface area (Å²) in [7, 11) is 0. The molecule has 3 heterocycles. The van der Waals surface area contributed by atoms with Crippen molar-refractivity contribution >= 4 is 24.4 Å². The maximum atomic E-state index is 12.9. The Labute approximate surface area is 190 Å². The fourth-order valence-electron chi connectivity index (χ4n) is 4.75. The van der Waals surface area contributed by atoms with Crippen LogP contribution in [0.3, 0.4) is 0 Å². The van der Waals surface area contributed by atoms with Crippen molar-refractivity contribution in [1.29, 1.82) is 0 Å². The van der Waals surface area contributed by atoms with E-state index in [1.807, 2.05) is 35.2 Å². The van der Waals surface area contributed by atoms with Crippen LogP contribution < -0.4 is 5.32 Å². The summed E-state index contributed by atoms with van der Waals surface area (Å²) in [4.78, 5) is 29.0. The number of rotatable bonds is 4. The van der Waals surface area contributed by atoms with Crippen molar-refractivity contribution in [3.8, 4) is 0 Å². The SMILES string of the molecule is Cl.O=C(CC1CCN(C(=O)OCc2ccccc2)CC1)N1CCOC2(CCNCC2)C1. The number of morpholine rings is 1. The van der Waals surface area contributed by atoms with Crippen LogP contribution in [0.1, 0.15) is 37.7 Å². The van der Waals surface area contributed by atoms with E-state index in [0.29, 0.717) is 45.2 Å². The van der Waals surface area contributed by atoms with Gasteiger partial charge in [-0.05, 0) is 50.3 Å². The Morgan fingerprint density at radius 3 is 2.48 bits per heavy atom. The molecule has 8 heteroatoms. The van der Waals surface area contributed by atoms with Gasteiger partial charge in [0.05, 0.1) is 12.2 Å². The second-order valence-corrected chi connectivity index (χ2v) is 8.77. The summed E-state index contributed by atoms with van der Waals surface area (Å²) >= 11 is 0. The fraction of sp³-hybridized carbons (Fsp3) is 0.652. The van der Waals surface area contributed by atoms with Crippen LogP contribution in [0.15, 0.2) is 30.3 Å². The van der Waals surface area contributed by atoms with Crippen molar-refractivity contribution < 1.29 is 19.1 Å². The molecular weight excluding hydrogens is 418 g/mol. The molecule has 0 aliphatic carbocycles. The van der Waals surface area contributed by atoms with E-state index < -0.39 is 0 Å². The van der Waals surface area contributed by atoms with E-state index in [1.54, 1.807) is 4.90 Å². The molecule has 3 aliphatic rings. The molecule has 0 atom stereocenters. The predicted molar refractivity (Wildman–Crippen MR) is 120 cm³/mol. The van der Waals surface area contributed by atoms with Gasteiger partial charge in [0.15, 0.2) is 0 Å². The molecule has 3 saturated heterocycles. The lowest BCUT2D eigenvalue weighted by atomic mass is 9.89. The van der Waals surface area contributed by atoms with Crippen LogP contribution in [0.5, 0.6) is 0 Å². The molecule has 172 valence electrons. The lowest BCUT2D eigenvalue weighted by molar-refractivity contribution is -0.156. The summed E-state index contributed by atoms with van der Waals surface area (Å²) in [5.74, 6) is 0.573. The minimum atomic E-state index is -0.260. The summed E-state index contributed by atoms with van der Waals surface area (Å²) in [6.07, 6.45) is 3.96. The summed E-state index contributed by atoms with van der Waals surface area (Å²) in [5, 5.41) is 3.37. The summed E-state index contributed by atoms with van der Waals surface area (Å²) in [5.41, 5.74) is 0.841. The van der Waals surface area contributed by atoms with Crippen molar-refractivity contribution in [3.05, 3.63) is 35.9 Å².